The van der Waals surface area contributed by atoms with Crippen LogP contribution in [0.25, 0.3) is 5.57 Å². The smallest absolute Gasteiger partial charge is 0.268 e. The number of carbonyl (C=O) groups excluding carboxylic acids is 2. The first-order valence-corrected chi connectivity index (χ1v) is 11.0. The molecule has 1 heterocycles. The van der Waals surface area contributed by atoms with Crippen LogP contribution in [0, 0.1) is 13.8 Å². The number of hydrogen-bond donors (Lipinski definition) is 0. The van der Waals surface area contributed by atoms with Crippen molar-refractivity contribution < 1.29 is 9.59 Å². The van der Waals surface area contributed by atoms with Gasteiger partial charge in [0.25, 0.3) is 11.8 Å². The molecule has 0 aliphatic carbocycles. The third kappa shape index (κ3) is 3.81. The minimum absolute atomic E-state index is 0.331. The molecule has 5 heteroatoms. The van der Waals surface area contributed by atoms with Crippen molar-refractivity contribution in [3.63, 3.8) is 0 Å². The minimum atomic E-state index is -0.341. The summed E-state index contributed by atoms with van der Waals surface area (Å²) in [7, 11) is 0. The van der Waals surface area contributed by atoms with E-state index in [1.807, 2.05) is 62.4 Å². The molecule has 4 rings (SSSR count). The first kappa shape index (κ1) is 20.5. The van der Waals surface area contributed by atoms with Gasteiger partial charge in [-0.2, -0.15) is 0 Å². The van der Waals surface area contributed by atoms with Crippen molar-refractivity contribution in [3.05, 3.63) is 105 Å². The van der Waals surface area contributed by atoms with Crippen LogP contribution in [-0.2, 0) is 15.3 Å². The van der Waals surface area contributed by atoms with Gasteiger partial charge in [-0.15, -0.1) is 11.8 Å². The summed E-state index contributed by atoms with van der Waals surface area (Å²) in [6.07, 6.45) is 0. The third-order valence-electron chi connectivity index (χ3n) is 5.16. The summed E-state index contributed by atoms with van der Waals surface area (Å²) in [4.78, 5) is 28.5. The first-order valence-electron chi connectivity index (χ1n) is 9.59. The quantitative estimate of drug-likeness (QED) is 0.451. The third-order valence-corrected chi connectivity index (χ3v) is 6.62. The average Bonchev–Trinajstić information content (AvgIpc) is 2.99. The zero-order chi connectivity index (χ0) is 21.3. The van der Waals surface area contributed by atoms with E-state index < -0.39 is 0 Å². The highest BCUT2D eigenvalue weighted by Gasteiger charge is 2.41. The van der Waals surface area contributed by atoms with Crippen LogP contribution in [0.4, 0.5) is 5.69 Å². The molecule has 30 heavy (non-hydrogen) atoms. The van der Waals surface area contributed by atoms with E-state index in [2.05, 4.69) is 0 Å². The van der Waals surface area contributed by atoms with Crippen LogP contribution in [0.2, 0.25) is 5.02 Å². The predicted molar refractivity (Wildman–Crippen MR) is 125 cm³/mol. The number of benzene rings is 3. The van der Waals surface area contributed by atoms with Crippen LogP contribution < -0.4 is 4.90 Å². The number of halogens is 1. The number of nitrogens with zero attached hydrogens (tertiary/aromatic N) is 1. The molecule has 0 saturated heterocycles. The molecule has 0 fully saturated rings. The average molecular weight is 434 g/mol. The molecule has 3 aromatic carbocycles. The SMILES string of the molecule is Cc1ccc(C2=C(SCc3ccccc3)C(=O)N(c3ccccc3Cl)C2=O)cc1C. The highest BCUT2D eigenvalue weighted by molar-refractivity contribution is 8.03. The second kappa shape index (κ2) is 8.50. The molecule has 150 valence electrons. The lowest BCUT2D eigenvalue weighted by Gasteiger charge is -2.16. The number of thioether (sulfide) groups is 1. The lowest BCUT2D eigenvalue weighted by molar-refractivity contribution is -0.119. The van der Waals surface area contributed by atoms with Gasteiger partial charge in [0, 0.05) is 5.75 Å². The maximum Gasteiger partial charge on any atom is 0.272 e. The maximum atomic E-state index is 13.5. The Morgan fingerprint density at radius 2 is 1.53 bits per heavy atom. The van der Waals surface area contributed by atoms with Crippen LogP contribution >= 0.6 is 23.4 Å². The fraction of sp³-hybridized carbons (Fsp3) is 0.120. The zero-order valence-electron chi connectivity index (χ0n) is 16.7. The summed E-state index contributed by atoms with van der Waals surface area (Å²) in [6, 6.07) is 22.7. The molecule has 0 saturated carbocycles. The Morgan fingerprint density at radius 1 is 0.833 bits per heavy atom. The van der Waals surface area contributed by atoms with Gasteiger partial charge in [-0.05, 0) is 48.2 Å². The van der Waals surface area contributed by atoms with Crippen molar-refractivity contribution in [3.8, 4) is 0 Å². The van der Waals surface area contributed by atoms with Crippen molar-refractivity contribution in [2.24, 2.45) is 0 Å². The van der Waals surface area contributed by atoms with E-state index in [0.717, 1.165) is 22.3 Å². The number of rotatable bonds is 5. The second-order valence-corrected chi connectivity index (χ2v) is 8.57. The van der Waals surface area contributed by atoms with Gasteiger partial charge in [0.15, 0.2) is 0 Å². The number of imide groups is 1. The highest BCUT2D eigenvalue weighted by Crippen LogP contribution is 2.41. The molecule has 0 atom stereocenters. The Labute approximate surface area is 185 Å². The van der Waals surface area contributed by atoms with Gasteiger partial charge < -0.3 is 0 Å². The standard InChI is InChI=1S/C25H20ClNO2S/c1-16-12-13-19(14-17(16)2)22-23(30-15-18-8-4-3-5-9-18)25(29)27(24(22)28)21-11-7-6-10-20(21)26/h3-14H,15H2,1-2H3. The highest BCUT2D eigenvalue weighted by atomic mass is 35.5. The summed E-state index contributed by atoms with van der Waals surface area (Å²) in [5.41, 5.74) is 4.89. The van der Waals surface area contributed by atoms with Gasteiger partial charge in [-0.3, -0.25) is 9.59 Å². The van der Waals surface area contributed by atoms with Crippen LogP contribution in [0.5, 0.6) is 0 Å². The molecular weight excluding hydrogens is 414 g/mol. The number of amides is 2. The van der Waals surface area contributed by atoms with Crippen LogP contribution in [0.1, 0.15) is 22.3 Å². The van der Waals surface area contributed by atoms with Gasteiger partial charge >= 0.3 is 0 Å². The Balaban J connectivity index is 1.79. The van der Waals surface area contributed by atoms with Gasteiger partial charge in [-0.25, -0.2) is 4.90 Å². The number of para-hydroxylation sites is 1. The normalized spacial score (nSPS) is 14.0. The van der Waals surface area contributed by atoms with E-state index in [1.54, 1.807) is 24.3 Å². The Morgan fingerprint density at radius 3 is 2.23 bits per heavy atom. The monoisotopic (exact) mass is 433 g/mol. The fourth-order valence-corrected chi connectivity index (χ4v) is 4.66. The van der Waals surface area contributed by atoms with E-state index in [9.17, 15) is 9.59 Å². The largest absolute Gasteiger partial charge is 0.272 e. The van der Waals surface area contributed by atoms with Crippen molar-refractivity contribution in [2.45, 2.75) is 19.6 Å². The van der Waals surface area contributed by atoms with E-state index >= 15 is 0 Å². The maximum absolute atomic E-state index is 13.5. The lowest BCUT2D eigenvalue weighted by Crippen LogP contribution is -2.31. The summed E-state index contributed by atoms with van der Waals surface area (Å²) in [5, 5.41) is 0.368. The summed E-state index contributed by atoms with van der Waals surface area (Å²) < 4.78 is 0. The Bertz CT molecular complexity index is 1170. The molecule has 0 unspecified atom stereocenters. The Kier molecular flexibility index (Phi) is 5.80. The summed E-state index contributed by atoms with van der Waals surface area (Å²) in [6.45, 7) is 4.03. The minimum Gasteiger partial charge on any atom is -0.268 e. The van der Waals surface area contributed by atoms with Crippen molar-refractivity contribution in [1.29, 1.82) is 0 Å². The fourth-order valence-electron chi connectivity index (χ4n) is 3.38. The number of carbonyl (C=O) groups is 2. The number of anilines is 1. The van der Waals surface area contributed by atoms with Crippen LogP contribution in [-0.4, -0.2) is 11.8 Å². The summed E-state index contributed by atoms with van der Waals surface area (Å²) in [5.74, 6) is -0.0749. The lowest BCUT2D eigenvalue weighted by atomic mass is 10.0. The molecule has 2 amide bonds. The van der Waals surface area contributed by atoms with Crippen molar-refractivity contribution in [2.75, 3.05) is 4.90 Å². The van der Waals surface area contributed by atoms with E-state index in [0.29, 0.717) is 26.9 Å². The summed E-state index contributed by atoms with van der Waals surface area (Å²) >= 11 is 7.71. The molecule has 0 bridgehead atoms. The molecule has 3 nitrogen and oxygen atoms in total. The van der Waals surface area contributed by atoms with Crippen LogP contribution in [0.15, 0.2) is 77.7 Å². The molecule has 0 N–H and O–H groups in total. The molecule has 1 aliphatic rings. The van der Waals surface area contributed by atoms with Gasteiger partial charge in [-0.1, -0.05) is 72.3 Å². The van der Waals surface area contributed by atoms with Gasteiger partial charge in [0.1, 0.15) is 0 Å². The molecule has 0 spiro atoms. The second-order valence-electron chi connectivity index (χ2n) is 7.17. The molecule has 1 aliphatic heterocycles. The molecule has 0 radical (unpaired) electrons. The van der Waals surface area contributed by atoms with Crippen molar-refractivity contribution in [1.82, 2.24) is 0 Å². The van der Waals surface area contributed by atoms with E-state index in [1.165, 1.54) is 16.7 Å². The number of hydrogen-bond acceptors (Lipinski definition) is 3. The Hall–Kier alpha value is -2.82. The number of aryl methyl sites for hydroxylation is 2. The van der Waals surface area contributed by atoms with Crippen molar-refractivity contribution >= 4 is 46.4 Å². The van der Waals surface area contributed by atoms with E-state index in [-0.39, 0.29) is 11.8 Å². The predicted octanol–water partition coefficient (Wildman–Crippen LogP) is 6.17. The molecule has 0 aromatic heterocycles. The van der Waals surface area contributed by atoms with Crippen LogP contribution in [0.3, 0.4) is 0 Å². The van der Waals surface area contributed by atoms with Gasteiger partial charge in [0.05, 0.1) is 21.2 Å². The first-order chi connectivity index (χ1) is 14.5. The zero-order valence-corrected chi connectivity index (χ0v) is 18.3. The topological polar surface area (TPSA) is 37.4 Å². The van der Waals surface area contributed by atoms with E-state index in [4.69, 9.17) is 11.6 Å². The molecule has 3 aromatic rings. The molecular formula is C25H20ClNO2S. The van der Waals surface area contributed by atoms with Gasteiger partial charge in [0.2, 0.25) is 0 Å².